The summed E-state index contributed by atoms with van der Waals surface area (Å²) < 4.78 is 15.6. The molecule has 2 aromatic heterocycles. The van der Waals surface area contributed by atoms with E-state index in [-0.39, 0.29) is 23.7 Å². The molecule has 6 rings (SSSR count). The van der Waals surface area contributed by atoms with Gasteiger partial charge in [-0.25, -0.2) is 9.37 Å². The molecule has 0 spiro atoms. The Morgan fingerprint density at radius 1 is 1.08 bits per heavy atom. The van der Waals surface area contributed by atoms with E-state index in [4.69, 9.17) is 4.98 Å². The summed E-state index contributed by atoms with van der Waals surface area (Å²) >= 11 is 1.55. The number of carbonyl (C=O) groups is 2. The molecule has 1 saturated heterocycles. The molecule has 190 valence electrons. The van der Waals surface area contributed by atoms with Gasteiger partial charge in [0.1, 0.15) is 11.5 Å². The van der Waals surface area contributed by atoms with Gasteiger partial charge in [0.15, 0.2) is 0 Å². The van der Waals surface area contributed by atoms with Gasteiger partial charge in [-0.05, 0) is 68.0 Å². The van der Waals surface area contributed by atoms with Gasteiger partial charge in [0, 0.05) is 54.8 Å². The third-order valence-electron chi connectivity index (χ3n) is 7.44. The van der Waals surface area contributed by atoms with Gasteiger partial charge in [0.2, 0.25) is 0 Å². The number of rotatable bonds is 6. The van der Waals surface area contributed by atoms with Gasteiger partial charge in [0.05, 0.1) is 9.88 Å². The van der Waals surface area contributed by atoms with Crippen LogP contribution in [0.25, 0.3) is 21.3 Å². The zero-order valence-corrected chi connectivity index (χ0v) is 21.6. The van der Waals surface area contributed by atoms with E-state index in [1.807, 2.05) is 47.0 Å². The second-order valence-electron chi connectivity index (χ2n) is 10.0. The highest BCUT2D eigenvalue weighted by Gasteiger charge is 2.34. The minimum absolute atomic E-state index is 0.104. The summed E-state index contributed by atoms with van der Waals surface area (Å²) in [6, 6.07) is 13.9. The third-order valence-corrected chi connectivity index (χ3v) is 8.70. The predicted molar refractivity (Wildman–Crippen MR) is 143 cm³/mol. The minimum atomic E-state index is -0.304. The summed E-state index contributed by atoms with van der Waals surface area (Å²) in [7, 11) is 1.96. The molecule has 2 amide bonds. The van der Waals surface area contributed by atoms with E-state index < -0.39 is 0 Å². The van der Waals surface area contributed by atoms with Crippen LogP contribution in [0.3, 0.4) is 0 Å². The molecule has 0 radical (unpaired) electrons. The molecular weight excluding hydrogens is 487 g/mol. The summed E-state index contributed by atoms with van der Waals surface area (Å²) in [5.41, 5.74) is 2.90. The number of aromatic nitrogens is 2. The standard InChI is InChI=1S/C29H29FN4O2S/c1-33-16-14-22-23(6-4-7-24(22)33)27(35)31-17-21-5-2-3-15-34(21)29(36)25-26(18-10-12-20(30)13-11-18)37-28(32-25)19-8-9-19/h4,6-7,10-14,16,19,21H,2-3,5,8-9,15,17H2,1H3,(H,31,35)/t21-/m0/s1. The highest BCUT2D eigenvalue weighted by molar-refractivity contribution is 7.15. The van der Waals surface area contributed by atoms with Gasteiger partial charge in [-0.1, -0.05) is 18.2 Å². The number of amides is 2. The van der Waals surface area contributed by atoms with E-state index in [1.54, 1.807) is 23.5 Å². The Hall–Kier alpha value is -3.52. The molecule has 1 N–H and O–H groups in total. The molecule has 2 aliphatic rings. The molecule has 1 aliphatic carbocycles. The number of halogens is 1. The van der Waals surface area contributed by atoms with E-state index in [9.17, 15) is 14.0 Å². The van der Waals surface area contributed by atoms with E-state index in [2.05, 4.69) is 5.32 Å². The number of hydrogen-bond donors (Lipinski definition) is 1. The van der Waals surface area contributed by atoms with E-state index in [0.29, 0.717) is 30.3 Å². The molecule has 1 aliphatic heterocycles. The molecule has 4 aromatic rings. The first-order valence-corrected chi connectivity index (χ1v) is 13.7. The number of thiazole rings is 1. The fourth-order valence-electron chi connectivity index (χ4n) is 5.21. The van der Waals surface area contributed by atoms with Gasteiger partial charge in [-0.15, -0.1) is 11.3 Å². The summed E-state index contributed by atoms with van der Waals surface area (Å²) in [6.45, 7) is 1.02. The van der Waals surface area contributed by atoms with Crippen LogP contribution in [0.1, 0.15) is 63.9 Å². The lowest BCUT2D eigenvalue weighted by Crippen LogP contribution is -2.49. The second kappa shape index (κ2) is 9.74. The van der Waals surface area contributed by atoms with Crippen LogP contribution in [0.15, 0.2) is 54.7 Å². The second-order valence-corrected chi connectivity index (χ2v) is 11.1. The Bertz CT molecular complexity index is 1470. The van der Waals surface area contributed by atoms with Crippen molar-refractivity contribution in [2.75, 3.05) is 13.1 Å². The normalized spacial score (nSPS) is 17.8. The van der Waals surface area contributed by atoms with E-state index in [0.717, 1.165) is 58.5 Å². The Kier molecular flexibility index (Phi) is 6.28. The van der Waals surface area contributed by atoms with Crippen LogP contribution in [0.4, 0.5) is 4.39 Å². The zero-order chi connectivity index (χ0) is 25.5. The Morgan fingerprint density at radius 3 is 2.68 bits per heavy atom. The average molecular weight is 517 g/mol. The van der Waals surface area contributed by atoms with Crippen molar-refractivity contribution < 1.29 is 14.0 Å². The summed E-state index contributed by atoms with van der Waals surface area (Å²) in [4.78, 5) is 34.5. The number of carbonyl (C=O) groups excluding carboxylic acids is 2. The maximum absolute atomic E-state index is 13.9. The fourth-order valence-corrected chi connectivity index (χ4v) is 6.44. The molecule has 6 nitrogen and oxygen atoms in total. The van der Waals surface area contributed by atoms with Crippen molar-refractivity contribution in [2.24, 2.45) is 7.05 Å². The molecule has 0 bridgehead atoms. The molecule has 2 fully saturated rings. The predicted octanol–water partition coefficient (Wildman–Crippen LogP) is 5.74. The Labute approximate surface area is 219 Å². The lowest BCUT2D eigenvalue weighted by atomic mass is 10.0. The van der Waals surface area contributed by atoms with Crippen LogP contribution in [-0.4, -0.2) is 45.4 Å². The lowest BCUT2D eigenvalue weighted by Gasteiger charge is -2.35. The van der Waals surface area contributed by atoms with Crippen LogP contribution in [0.5, 0.6) is 0 Å². The van der Waals surface area contributed by atoms with Crippen molar-refractivity contribution in [2.45, 2.75) is 44.1 Å². The van der Waals surface area contributed by atoms with Gasteiger partial charge in [0.25, 0.3) is 11.8 Å². The number of aryl methyl sites for hydroxylation is 1. The van der Waals surface area contributed by atoms with Gasteiger partial charge < -0.3 is 14.8 Å². The fraction of sp³-hybridized carbons (Fsp3) is 0.345. The number of hydrogen-bond acceptors (Lipinski definition) is 4. The molecule has 2 aromatic carbocycles. The third kappa shape index (κ3) is 4.66. The maximum atomic E-state index is 13.9. The average Bonchev–Trinajstić information content (AvgIpc) is 3.57. The van der Waals surface area contributed by atoms with Crippen molar-refractivity contribution in [1.82, 2.24) is 19.8 Å². The Morgan fingerprint density at radius 2 is 1.89 bits per heavy atom. The molecule has 8 heteroatoms. The van der Waals surface area contributed by atoms with Crippen molar-refractivity contribution in [3.05, 3.63) is 76.8 Å². The largest absolute Gasteiger partial charge is 0.351 e. The van der Waals surface area contributed by atoms with Crippen LogP contribution in [-0.2, 0) is 7.05 Å². The molecule has 37 heavy (non-hydrogen) atoms. The van der Waals surface area contributed by atoms with Crippen LogP contribution >= 0.6 is 11.3 Å². The molecule has 3 heterocycles. The molecule has 0 unspecified atom stereocenters. The minimum Gasteiger partial charge on any atom is -0.351 e. The smallest absolute Gasteiger partial charge is 0.274 e. The van der Waals surface area contributed by atoms with Gasteiger partial charge >= 0.3 is 0 Å². The van der Waals surface area contributed by atoms with Crippen LogP contribution in [0.2, 0.25) is 0 Å². The number of piperidine rings is 1. The highest BCUT2D eigenvalue weighted by Crippen LogP contribution is 2.45. The number of nitrogens with one attached hydrogen (secondary N) is 1. The quantitative estimate of drug-likeness (QED) is 0.355. The molecular formula is C29H29FN4O2S. The zero-order valence-electron chi connectivity index (χ0n) is 20.7. The van der Waals surface area contributed by atoms with Crippen molar-refractivity contribution in [1.29, 1.82) is 0 Å². The number of nitrogens with zero attached hydrogens (tertiary/aromatic N) is 3. The first kappa shape index (κ1) is 23.9. The number of fused-ring (bicyclic) bond motifs is 1. The summed E-state index contributed by atoms with van der Waals surface area (Å²) in [6.07, 6.45) is 6.89. The van der Waals surface area contributed by atoms with E-state index in [1.165, 1.54) is 12.1 Å². The highest BCUT2D eigenvalue weighted by atomic mass is 32.1. The monoisotopic (exact) mass is 516 g/mol. The summed E-state index contributed by atoms with van der Waals surface area (Å²) in [5, 5.41) is 4.99. The van der Waals surface area contributed by atoms with Gasteiger partial charge in [-0.3, -0.25) is 9.59 Å². The van der Waals surface area contributed by atoms with E-state index >= 15 is 0 Å². The molecule has 1 saturated carbocycles. The number of benzene rings is 2. The van der Waals surface area contributed by atoms with Crippen molar-refractivity contribution in [3.8, 4) is 10.4 Å². The van der Waals surface area contributed by atoms with Crippen LogP contribution in [0, 0.1) is 5.82 Å². The van der Waals surface area contributed by atoms with Crippen molar-refractivity contribution >= 4 is 34.1 Å². The maximum Gasteiger partial charge on any atom is 0.274 e. The molecule has 1 atom stereocenters. The van der Waals surface area contributed by atoms with Gasteiger partial charge in [-0.2, -0.15) is 0 Å². The number of likely N-dealkylation sites (tertiary alicyclic amines) is 1. The first-order chi connectivity index (χ1) is 18.0. The van der Waals surface area contributed by atoms with Crippen molar-refractivity contribution in [3.63, 3.8) is 0 Å². The SMILES string of the molecule is Cn1ccc2c(C(=O)NC[C@@H]3CCCCN3C(=O)c3nc(C4CC4)sc3-c3ccc(F)cc3)cccc21. The Balaban J connectivity index is 1.24. The summed E-state index contributed by atoms with van der Waals surface area (Å²) in [5.74, 6) is -0.123. The van der Waals surface area contributed by atoms with Crippen LogP contribution < -0.4 is 5.32 Å². The first-order valence-electron chi connectivity index (χ1n) is 12.9. The topological polar surface area (TPSA) is 67.2 Å². The lowest BCUT2D eigenvalue weighted by molar-refractivity contribution is 0.0598.